The van der Waals surface area contributed by atoms with E-state index in [9.17, 15) is 14.7 Å². The molecule has 2 N–H and O–H groups in total. The Morgan fingerprint density at radius 3 is 2.71 bits per heavy atom. The Kier molecular flexibility index (Phi) is 3.39. The van der Waals surface area contributed by atoms with Crippen LogP contribution < -0.4 is 5.32 Å². The molecule has 0 spiro atoms. The van der Waals surface area contributed by atoms with Crippen molar-refractivity contribution in [2.75, 3.05) is 0 Å². The first-order chi connectivity index (χ1) is 10.1. The first kappa shape index (κ1) is 13.3. The van der Waals surface area contributed by atoms with Gasteiger partial charge in [0.1, 0.15) is 0 Å². The smallest absolute Gasteiger partial charge is 0.337 e. The molecular weight excluding hydrogens is 268 g/mol. The summed E-state index contributed by atoms with van der Waals surface area (Å²) in [6, 6.07) is 10.2. The number of carboxylic acids is 1. The highest BCUT2D eigenvalue weighted by molar-refractivity contribution is 5.98. The summed E-state index contributed by atoms with van der Waals surface area (Å²) >= 11 is 0. The van der Waals surface area contributed by atoms with Crippen molar-refractivity contribution in [2.24, 2.45) is 0 Å². The fourth-order valence-electron chi connectivity index (χ4n) is 2.11. The Labute approximate surface area is 121 Å². The van der Waals surface area contributed by atoms with E-state index in [-0.39, 0.29) is 17.5 Å². The van der Waals surface area contributed by atoms with Gasteiger partial charge in [-0.1, -0.05) is 12.1 Å². The fraction of sp³-hybridized carbons (Fsp3) is 0.188. The molecule has 21 heavy (non-hydrogen) atoms. The summed E-state index contributed by atoms with van der Waals surface area (Å²) in [7, 11) is 0. The standard InChI is InChI=1S/C16H14N2O3/c19-15(18-12-6-7-12)11-4-1-3-10(9-11)14-13(16(20)21)5-2-8-17-14/h1-5,8-9,12H,6-7H2,(H,18,19)(H,20,21). The molecule has 0 saturated heterocycles. The zero-order valence-electron chi connectivity index (χ0n) is 11.2. The molecule has 0 atom stereocenters. The average Bonchev–Trinajstić information content (AvgIpc) is 3.31. The van der Waals surface area contributed by atoms with E-state index in [0.29, 0.717) is 16.8 Å². The lowest BCUT2D eigenvalue weighted by Gasteiger charge is -2.07. The third-order valence-electron chi connectivity index (χ3n) is 3.35. The van der Waals surface area contributed by atoms with Crippen molar-refractivity contribution in [1.29, 1.82) is 0 Å². The van der Waals surface area contributed by atoms with Crippen LogP contribution >= 0.6 is 0 Å². The van der Waals surface area contributed by atoms with E-state index in [4.69, 9.17) is 0 Å². The molecule has 1 aromatic carbocycles. The number of nitrogens with one attached hydrogen (secondary N) is 1. The third kappa shape index (κ3) is 2.91. The number of hydrogen-bond acceptors (Lipinski definition) is 3. The van der Waals surface area contributed by atoms with Gasteiger partial charge >= 0.3 is 5.97 Å². The van der Waals surface area contributed by atoms with Crippen molar-refractivity contribution >= 4 is 11.9 Å². The molecule has 1 heterocycles. The van der Waals surface area contributed by atoms with Gasteiger partial charge in [0.15, 0.2) is 0 Å². The van der Waals surface area contributed by atoms with Crippen LogP contribution in [0.3, 0.4) is 0 Å². The molecule has 0 bridgehead atoms. The molecular formula is C16H14N2O3. The molecule has 3 rings (SSSR count). The van der Waals surface area contributed by atoms with Crippen molar-refractivity contribution in [2.45, 2.75) is 18.9 Å². The Morgan fingerprint density at radius 2 is 2.00 bits per heavy atom. The molecule has 2 aromatic rings. The number of aromatic nitrogens is 1. The number of benzene rings is 1. The fourth-order valence-corrected chi connectivity index (χ4v) is 2.11. The average molecular weight is 282 g/mol. The van der Waals surface area contributed by atoms with Crippen molar-refractivity contribution in [1.82, 2.24) is 10.3 Å². The van der Waals surface area contributed by atoms with E-state index >= 15 is 0 Å². The number of hydrogen-bond donors (Lipinski definition) is 2. The molecule has 0 aliphatic heterocycles. The zero-order chi connectivity index (χ0) is 14.8. The van der Waals surface area contributed by atoms with Crippen molar-refractivity contribution in [3.63, 3.8) is 0 Å². The Morgan fingerprint density at radius 1 is 1.19 bits per heavy atom. The number of pyridine rings is 1. The van der Waals surface area contributed by atoms with Crippen LogP contribution in [0.15, 0.2) is 42.6 Å². The third-order valence-corrected chi connectivity index (χ3v) is 3.35. The van der Waals surface area contributed by atoms with Gasteiger partial charge in [0.25, 0.3) is 5.91 Å². The molecule has 1 aliphatic rings. The summed E-state index contributed by atoms with van der Waals surface area (Å²) in [5, 5.41) is 12.1. The first-order valence-corrected chi connectivity index (χ1v) is 6.75. The number of rotatable bonds is 4. The summed E-state index contributed by atoms with van der Waals surface area (Å²) in [6.07, 6.45) is 3.59. The summed E-state index contributed by atoms with van der Waals surface area (Å²) < 4.78 is 0. The number of carbonyl (C=O) groups excluding carboxylic acids is 1. The first-order valence-electron chi connectivity index (χ1n) is 6.75. The number of amides is 1. The van der Waals surface area contributed by atoms with Crippen molar-refractivity contribution in [3.8, 4) is 11.3 Å². The second-order valence-electron chi connectivity index (χ2n) is 5.03. The molecule has 1 fully saturated rings. The van der Waals surface area contributed by atoms with Gasteiger partial charge in [-0.2, -0.15) is 0 Å². The van der Waals surface area contributed by atoms with E-state index in [2.05, 4.69) is 10.3 Å². The Hall–Kier alpha value is -2.69. The number of carboxylic acid groups (broad SMARTS) is 1. The molecule has 0 unspecified atom stereocenters. The molecule has 5 heteroatoms. The highest BCUT2D eigenvalue weighted by atomic mass is 16.4. The van der Waals surface area contributed by atoms with E-state index in [1.807, 2.05) is 0 Å². The summed E-state index contributed by atoms with van der Waals surface area (Å²) in [6.45, 7) is 0. The van der Waals surface area contributed by atoms with Gasteiger partial charge in [-0.25, -0.2) is 4.79 Å². The molecule has 1 aliphatic carbocycles. The molecule has 1 saturated carbocycles. The van der Waals surface area contributed by atoms with Gasteiger partial charge in [-0.15, -0.1) is 0 Å². The van der Waals surface area contributed by atoms with Crippen LogP contribution in [0.1, 0.15) is 33.6 Å². The normalized spacial score (nSPS) is 13.7. The van der Waals surface area contributed by atoms with E-state index in [0.717, 1.165) is 12.8 Å². The second-order valence-corrected chi connectivity index (χ2v) is 5.03. The van der Waals surface area contributed by atoms with Crippen LogP contribution in [0.4, 0.5) is 0 Å². The zero-order valence-corrected chi connectivity index (χ0v) is 11.2. The van der Waals surface area contributed by atoms with Crippen LogP contribution in [-0.2, 0) is 0 Å². The second kappa shape index (κ2) is 5.36. The van der Waals surface area contributed by atoms with Crippen LogP contribution in [0.5, 0.6) is 0 Å². The summed E-state index contributed by atoms with van der Waals surface area (Å²) in [5.74, 6) is -1.17. The lowest BCUT2D eigenvalue weighted by Crippen LogP contribution is -2.25. The van der Waals surface area contributed by atoms with Gasteiger partial charge in [0, 0.05) is 23.4 Å². The molecule has 1 amide bonds. The highest BCUT2D eigenvalue weighted by Crippen LogP contribution is 2.23. The van der Waals surface area contributed by atoms with E-state index in [1.54, 1.807) is 36.5 Å². The van der Waals surface area contributed by atoms with Crippen LogP contribution in [-0.4, -0.2) is 28.0 Å². The summed E-state index contributed by atoms with van der Waals surface area (Å²) in [4.78, 5) is 27.4. The van der Waals surface area contributed by atoms with E-state index in [1.165, 1.54) is 6.07 Å². The minimum Gasteiger partial charge on any atom is -0.478 e. The van der Waals surface area contributed by atoms with Gasteiger partial charge < -0.3 is 10.4 Å². The van der Waals surface area contributed by atoms with Gasteiger partial charge in [0.05, 0.1) is 11.3 Å². The molecule has 106 valence electrons. The Bertz CT molecular complexity index is 708. The topological polar surface area (TPSA) is 79.3 Å². The maximum Gasteiger partial charge on any atom is 0.337 e. The number of nitrogens with zero attached hydrogens (tertiary/aromatic N) is 1. The highest BCUT2D eigenvalue weighted by Gasteiger charge is 2.24. The minimum atomic E-state index is -1.04. The summed E-state index contributed by atoms with van der Waals surface area (Å²) in [5.41, 5.74) is 1.63. The lowest BCUT2D eigenvalue weighted by atomic mass is 10.0. The predicted molar refractivity (Wildman–Crippen MR) is 77.1 cm³/mol. The lowest BCUT2D eigenvalue weighted by molar-refractivity contribution is 0.0697. The molecule has 5 nitrogen and oxygen atoms in total. The predicted octanol–water partition coefficient (Wildman–Crippen LogP) is 2.34. The van der Waals surface area contributed by atoms with Crippen LogP contribution in [0.25, 0.3) is 11.3 Å². The van der Waals surface area contributed by atoms with Gasteiger partial charge in [0.2, 0.25) is 0 Å². The minimum absolute atomic E-state index is 0.122. The maximum atomic E-state index is 12.0. The quantitative estimate of drug-likeness (QED) is 0.902. The van der Waals surface area contributed by atoms with Crippen LogP contribution in [0, 0.1) is 0 Å². The van der Waals surface area contributed by atoms with Gasteiger partial charge in [-0.3, -0.25) is 9.78 Å². The van der Waals surface area contributed by atoms with Gasteiger partial charge in [-0.05, 0) is 37.1 Å². The Balaban J connectivity index is 1.96. The SMILES string of the molecule is O=C(NC1CC1)c1cccc(-c2ncccc2C(=O)O)c1. The number of aromatic carboxylic acids is 1. The number of carbonyl (C=O) groups is 2. The molecule has 1 aromatic heterocycles. The van der Waals surface area contributed by atoms with E-state index < -0.39 is 5.97 Å². The maximum absolute atomic E-state index is 12.0. The van der Waals surface area contributed by atoms with Crippen molar-refractivity contribution < 1.29 is 14.7 Å². The van der Waals surface area contributed by atoms with Crippen molar-refractivity contribution in [3.05, 3.63) is 53.7 Å². The monoisotopic (exact) mass is 282 g/mol. The molecule has 0 radical (unpaired) electrons. The van der Waals surface area contributed by atoms with Crippen LogP contribution in [0.2, 0.25) is 0 Å². The largest absolute Gasteiger partial charge is 0.478 e.